The molecule has 0 aliphatic heterocycles. The molecular weight excluding hydrogens is 224 g/mol. The lowest BCUT2D eigenvalue weighted by Crippen LogP contribution is -2.24. The SMILES string of the molecule is CC(C)=Nc1cccc(N(C)S(C)(=O)=O)c1. The van der Waals surface area contributed by atoms with Crippen molar-refractivity contribution in [2.45, 2.75) is 13.8 Å². The van der Waals surface area contributed by atoms with Crippen molar-refractivity contribution >= 4 is 27.1 Å². The van der Waals surface area contributed by atoms with Crippen LogP contribution in [0.5, 0.6) is 0 Å². The third-order valence-corrected chi connectivity index (χ3v) is 3.25. The van der Waals surface area contributed by atoms with Crippen LogP contribution in [0.25, 0.3) is 0 Å². The topological polar surface area (TPSA) is 49.7 Å². The highest BCUT2D eigenvalue weighted by Crippen LogP contribution is 2.22. The van der Waals surface area contributed by atoms with Crippen molar-refractivity contribution in [2.75, 3.05) is 17.6 Å². The van der Waals surface area contributed by atoms with Gasteiger partial charge in [0.05, 0.1) is 17.6 Å². The Morgan fingerprint density at radius 2 is 1.94 bits per heavy atom. The molecule has 0 fully saturated rings. The quantitative estimate of drug-likeness (QED) is 0.760. The molecule has 0 aromatic heterocycles. The van der Waals surface area contributed by atoms with E-state index in [1.165, 1.54) is 17.6 Å². The van der Waals surface area contributed by atoms with Crippen molar-refractivity contribution in [2.24, 2.45) is 4.99 Å². The van der Waals surface area contributed by atoms with Crippen LogP contribution in [0.15, 0.2) is 29.3 Å². The molecular formula is C11H16N2O2S. The largest absolute Gasteiger partial charge is 0.273 e. The Morgan fingerprint density at radius 3 is 2.44 bits per heavy atom. The summed E-state index contributed by atoms with van der Waals surface area (Å²) in [6.45, 7) is 3.79. The van der Waals surface area contributed by atoms with E-state index < -0.39 is 10.0 Å². The Bertz CT molecular complexity index is 502. The zero-order valence-electron chi connectivity index (χ0n) is 9.93. The van der Waals surface area contributed by atoms with Gasteiger partial charge in [-0.3, -0.25) is 9.30 Å². The molecule has 0 N–H and O–H groups in total. The Morgan fingerprint density at radius 1 is 1.31 bits per heavy atom. The molecule has 0 atom stereocenters. The summed E-state index contributed by atoms with van der Waals surface area (Å²) in [5.74, 6) is 0. The Balaban J connectivity index is 3.13. The molecule has 1 aromatic carbocycles. The van der Waals surface area contributed by atoms with Crippen LogP contribution in [0, 0.1) is 0 Å². The molecule has 5 heteroatoms. The van der Waals surface area contributed by atoms with Crippen LogP contribution in [-0.2, 0) is 10.0 Å². The van der Waals surface area contributed by atoms with Gasteiger partial charge in [0.1, 0.15) is 0 Å². The number of sulfonamides is 1. The fraction of sp³-hybridized carbons (Fsp3) is 0.364. The predicted molar refractivity (Wildman–Crippen MR) is 68.1 cm³/mol. The molecule has 0 spiro atoms. The van der Waals surface area contributed by atoms with Gasteiger partial charge in [-0.1, -0.05) is 6.07 Å². The third kappa shape index (κ3) is 3.34. The van der Waals surface area contributed by atoms with Gasteiger partial charge < -0.3 is 0 Å². The molecule has 1 rings (SSSR count). The highest BCUT2D eigenvalue weighted by atomic mass is 32.2. The second-order valence-electron chi connectivity index (χ2n) is 3.81. The van der Waals surface area contributed by atoms with Gasteiger partial charge in [-0.05, 0) is 32.0 Å². The first-order valence-corrected chi connectivity index (χ1v) is 6.71. The monoisotopic (exact) mass is 240 g/mol. The van der Waals surface area contributed by atoms with Crippen LogP contribution < -0.4 is 4.31 Å². The standard InChI is InChI=1S/C11H16N2O2S/c1-9(2)12-10-6-5-7-11(8-10)13(3)16(4,14)15/h5-8H,1-4H3. The average molecular weight is 240 g/mol. The second kappa shape index (κ2) is 4.65. The van der Waals surface area contributed by atoms with Crippen molar-refractivity contribution in [1.29, 1.82) is 0 Å². The van der Waals surface area contributed by atoms with Gasteiger partial charge in [0.25, 0.3) is 0 Å². The first-order valence-electron chi connectivity index (χ1n) is 4.86. The fourth-order valence-corrected chi connectivity index (χ4v) is 1.70. The maximum atomic E-state index is 11.4. The summed E-state index contributed by atoms with van der Waals surface area (Å²) in [7, 11) is -1.69. The second-order valence-corrected chi connectivity index (χ2v) is 5.82. The number of aliphatic imine (C=N–C) groups is 1. The van der Waals surface area contributed by atoms with E-state index in [1.54, 1.807) is 18.2 Å². The van der Waals surface area contributed by atoms with Crippen LogP contribution >= 0.6 is 0 Å². The van der Waals surface area contributed by atoms with Crippen LogP contribution in [0.3, 0.4) is 0 Å². The highest BCUT2D eigenvalue weighted by molar-refractivity contribution is 7.92. The first kappa shape index (κ1) is 12.7. The predicted octanol–water partition coefficient (Wildman–Crippen LogP) is 2.19. The number of nitrogens with zero attached hydrogens (tertiary/aromatic N) is 2. The van der Waals surface area contributed by atoms with Crippen LogP contribution in [0.4, 0.5) is 11.4 Å². The summed E-state index contributed by atoms with van der Waals surface area (Å²) in [6.07, 6.45) is 1.17. The molecule has 0 aliphatic rings. The summed E-state index contributed by atoms with van der Waals surface area (Å²) >= 11 is 0. The Kier molecular flexibility index (Phi) is 3.70. The van der Waals surface area contributed by atoms with Crippen molar-refractivity contribution in [3.8, 4) is 0 Å². The van der Waals surface area contributed by atoms with Crippen molar-refractivity contribution in [3.05, 3.63) is 24.3 Å². The lowest BCUT2D eigenvalue weighted by Gasteiger charge is -2.16. The van der Waals surface area contributed by atoms with Crippen molar-refractivity contribution in [3.63, 3.8) is 0 Å². The van der Waals surface area contributed by atoms with E-state index in [0.717, 1.165) is 11.4 Å². The summed E-state index contributed by atoms with van der Waals surface area (Å²) in [5, 5.41) is 0. The number of hydrogen-bond donors (Lipinski definition) is 0. The van der Waals surface area contributed by atoms with Gasteiger partial charge in [0.2, 0.25) is 10.0 Å². The molecule has 1 aromatic rings. The van der Waals surface area contributed by atoms with Crippen LogP contribution in [-0.4, -0.2) is 27.4 Å². The lowest BCUT2D eigenvalue weighted by molar-refractivity contribution is 0.600. The molecule has 0 amide bonds. The molecule has 0 heterocycles. The van der Waals surface area contributed by atoms with E-state index in [4.69, 9.17) is 0 Å². The van der Waals surface area contributed by atoms with Gasteiger partial charge in [0.15, 0.2) is 0 Å². The number of anilines is 1. The normalized spacial score (nSPS) is 11.0. The summed E-state index contributed by atoms with van der Waals surface area (Å²) < 4.78 is 23.9. The maximum Gasteiger partial charge on any atom is 0.231 e. The number of benzene rings is 1. The van der Waals surface area contributed by atoms with E-state index in [9.17, 15) is 8.42 Å². The molecule has 0 saturated heterocycles. The molecule has 0 aliphatic carbocycles. The molecule has 16 heavy (non-hydrogen) atoms. The molecule has 0 radical (unpaired) electrons. The maximum absolute atomic E-state index is 11.4. The smallest absolute Gasteiger partial charge is 0.231 e. The summed E-state index contributed by atoms with van der Waals surface area (Å²) in [4.78, 5) is 4.28. The van der Waals surface area contributed by atoms with Crippen molar-refractivity contribution in [1.82, 2.24) is 0 Å². The summed E-state index contributed by atoms with van der Waals surface area (Å²) in [5.41, 5.74) is 2.30. The summed E-state index contributed by atoms with van der Waals surface area (Å²) in [6, 6.07) is 7.12. The van der Waals surface area contributed by atoms with E-state index in [-0.39, 0.29) is 0 Å². The minimum atomic E-state index is -3.22. The molecule has 88 valence electrons. The van der Waals surface area contributed by atoms with Gasteiger partial charge in [0, 0.05) is 12.8 Å². The number of rotatable bonds is 3. The highest BCUT2D eigenvalue weighted by Gasteiger charge is 2.11. The fourth-order valence-electron chi connectivity index (χ4n) is 1.21. The van der Waals surface area contributed by atoms with Crippen LogP contribution in [0.1, 0.15) is 13.8 Å². The minimum absolute atomic E-state index is 0.616. The Labute approximate surface area is 96.7 Å². The first-order chi connectivity index (χ1) is 7.30. The van der Waals surface area contributed by atoms with E-state index >= 15 is 0 Å². The molecule has 4 nitrogen and oxygen atoms in total. The van der Waals surface area contributed by atoms with E-state index in [2.05, 4.69) is 4.99 Å². The lowest BCUT2D eigenvalue weighted by atomic mass is 10.3. The van der Waals surface area contributed by atoms with E-state index in [0.29, 0.717) is 5.69 Å². The molecule has 0 bridgehead atoms. The Hall–Kier alpha value is -1.36. The van der Waals surface area contributed by atoms with Gasteiger partial charge in [-0.15, -0.1) is 0 Å². The molecule has 0 unspecified atom stereocenters. The average Bonchev–Trinajstić information content (AvgIpc) is 2.14. The molecule has 0 saturated carbocycles. The van der Waals surface area contributed by atoms with E-state index in [1.807, 2.05) is 19.9 Å². The third-order valence-electron chi connectivity index (χ3n) is 2.04. The number of hydrogen-bond acceptors (Lipinski definition) is 3. The van der Waals surface area contributed by atoms with Gasteiger partial charge in [-0.25, -0.2) is 8.42 Å². The van der Waals surface area contributed by atoms with Crippen molar-refractivity contribution < 1.29 is 8.42 Å². The zero-order chi connectivity index (χ0) is 12.3. The minimum Gasteiger partial charge on any atom is -0.273 e. The van der Waals surface area contributed by atoms with Gasteiger partial charge in [-0.2, -0.15) is 0 Å². The van der Waals surface area contributed by atoms with Crippen LogP contribution in [0.2, 0.25) is 0 Å². The zero-order valence-corrected chi connectivity index (χ0v) is 10.7. The van der Waals surface area contributed by atoms with Gasteiger partial charge >= 0.3 is 0 Å².